The molecule has 0 unspecified atom stereocenters. The van der Waals surface area contributed by atoms with Crippen LogP contribution in [0, 0.1) is 11.7 Å². The van der Waals surface area contributed by atoms with Crippen molar-refractivity contribution in [2.24, 2.45) is 5.92 Å². The molecule has 19 heavy (non-hydrogen) atoms. The molecule has 1 N–H and O–H groups in total. The molecule has 2 nitrogen and oxygen atoms in total. The first-order chi connectivity index (χ1) is 9.06. The summed E-state index contributed by atoms with van der Waals surface area (Å²) in [5.74, 6) is 2.20. The number of amides is 1. The van der Waals surface area contributed by atoms with Crippen molar-refractivity contribution in [3.8, 4) is 0 Å². The van der Waals surface area contributed by atoms with E-state index in [-0.39, 0.29) is 10.9 Å². The molecule has 0 bridgehead atoms. The van der Waals surface area contributed by atoms with Gasteiger partial charge in [0, 0.05) is 10.9 Å². The van der Waals surface area contributed by atoms with Gasteiger partial charge < -0.3 is 5.32 Å². The Kier molecular flexibility index (Phi) is 5.54. The van der Waals surface area contributed by atoms with Gasteiger partial charge in [0.25, 0.3) is 0 Å². The van der Waals surface area contributed by atoms with E-state index in [0.717, 1.165) is 24.3 Å². The van der Waals surface area contributed by atoms with Gasteiger partial charge in [-0.3, -0.25) is 4.79 Å². The van der Waals surface area contributed by atoms with Crippen molar-refractivity contribution < 1.29 is 9.18 Å². The van der Waals surface area contributed by atoms with E-state index in [1.807, 2.05) is 11.8 Å². The summed E-state index contributed by atoms with van der Waals surface area (Å²) in [4.78, 5) is 12.0. The first kappa shape index (κ1) is 15.1. The highest BCUT2D eigenvalue weighted by Gasteiger charge is 2.18. The van der Waals surface area contributed by atoms with Crippen molar-refractivity contribution in [3.05, 3.63) is 27.4 Å². The Bertz CT molecular complexity index is 457. The third-order valence-corrected chi connectivity index (χ3v) is 5.06. The maximum Gasteiger partial charge on any atom is 0.224 e. The van der Waals surface area contributed by atoms with Crippen LogP contribution in [-0.2, 0) is 4.79 Å². The van der Waals surface area contributed by atoms with E-state index in [0.29, 0.717) is 22.5 Å². The summed E-state index contributed by atoms with van der Waals surface area (Å²) in [6, 6.07) is 2.48. The van der Waals surface area contributed by atoms with E-state index < -0.39 is 5.82 Å². The summed E-state index contributed by atoms with van der Waals surface area (Å²) < 4.78 is 13.6. The third-order valence-electron chi connectivity index (χ3n) is 3.09. The van der Waals surface area contributed by atoms with Crippen molar-refractivity contribution in [2.45, 2.75) is 19.3 Å². The molecule has 0 atom stereocenters. The summed E-state index contributed by atoms with van der Waals surface area (Å²) in [6.07, 6.45) is 2.66. The van der Waals surface area contributed by atoms with Gasteiger partial charge in [-0.15, -0.1) is 0 Å². The molecule has 1 aliphatic rings. The number of hydrogen-bond acceptors (Lipinski definition) is 2. The lowest BCUT2D eigenvalue weighted by Crippen LogP contribution is -2.20. The van der Waals surface area contributed by atoms with Crippen LogP contribution in [0.25, 0.3) is 0 Å². The minimum Gasteiger partial charge on any atom is -0.324 e. The quantitative estimate of drug-likeness (QED) is 0.839. The van der Waals surface area contributed by atoms with E-state index >= 15 is 0 Å². The molecule has 0 aromatic heterocycles. The van der Waals surface area contributed by atoms with Crippen molar-refractivity contribution >= 4 is 50.9 Å². The molecule has 0 saturated carbocycles. The fourth-order valence-electron chi connectivity index (χ4n) is 2.06. The molecule has 1 amide bonds. The van der Waals surface area contributed by atoms with Crippen LogP contribution in [0.2, 0.25) is 5.02 Å². The molecule has 0 radical (unpaired) electrons. The number of hydrogen-bond donors (Lipinski definition) is 1. The lowest BCUT2D eigenvalue weighted by molar-refractivity contribution is -0.117. The van der Waals surface area contributed by atoms with E-state index in [4.69, 9.17) is 11.6 Å². The fraction of sp³-hybridized carbons (Fsp3) is 0.462. The zero-order chi connectivity index (χ0) is 13.8. The van der Waals surface area contributed by atoms with E-state index in [1.54, 1.807) is 0 Å². The van der Waals surface area contributed by atoms with Gasteiger partial charge in [0.05, 0.1) is 10.7 Å². The van der Waals surface area contributed by atoms with Gasteiger partial charge in [-0.05, 0) is 58.3 Å². The second-order valence-electron chi connectivity index (χ2n) is 4.55. The topological polar surface area (TPSA) is 29.1 Å². The van der Waals surface area contributed by atoms with Crippen LogP contribution in [-0.4, -0.2) is 17.4 Å². The zero-order valence-corrected chi connectivity index (χ0v) is 13.4. The Hall–Kier alpha value is -0.260. The predicted octanol–water partition coefficient (Wildman–Crippen LogP) is 4.71. The molecule has 1 saturated heterocycles. The average Bonchev–Trinajstić information content (AvgIpc) is 2.35. The van der Waals surface area contributed by atoms with E-state index in [2.05, 4.69) is 21.2 Å². The van der Waals surface area contributed by atoms with Gasteiger partial charge in [0.2, 0.25) is 5.91 Å². The highest BCUT2D eigenvalue weighted by Crippen LogP contribution is 2.32. The molecule has 0 aliphatic carbocycles. The molecular weight excluding hydrogens is 353 g/mol. The zero-order valence-electron chi connectivity index (χ0n) is 10.2. The largest absolute Gasteiger partial charge is 0.324 e. The number of carbonyl (C=O) groups is 1. The average molecular weight is 367 g/mol. The number of rotatable bonds is 3. The molecule has 2 rings (SSSR count). The summed E-state index contributed by atoms with van der Waals surface area (Å²) in [7, 11) is 0. The molecule has 1 fully saturated rings. The number of halogens is 3. The first-order valence-corrected chi connectivity index (χ1v) is 8.41. The van der Waals surface area contributed by atoms with E-state index in [1.165, 1.54) is 12.1 Å². The van der Waals surface area contributed by atoms with Crippen LogP contribution in [0.1, 0.15) is 19.3 Å². The first-order valence-electron chi connectivity index (χ1n) is 6.08. The number of thioether (sulfide) groups is 1. The number of carbonyl (C=O) groups excluding carboxylic acids is 1. The highest BCUT2D eigenvalue weighted by molar-refractivity contribution is 9.10. The molecule has 0 spiro atoms. The Labute approximate surface area is 129 Å². The Morgan fingerprint density at radius 1 is 1.47 bits per heavy atom. The maximum absolute atomic E-state index is 13.1. The van der Waals surface area contributed by atoms with Crippen LogP contribution < -0.4 is 5.32 Å². The van der Waals surface area contributed by atoms with Gasteiger partial charge in [0.1, 0.15) is 5.82 Å². The van der Waals surface area contributed by atoms with Gasteiger partial charge >= 0.3 is 0 Å². The fourth-order valence-corrected chi connectivity index (χ4v) is 4.17. The minimum absolute atomic E-state index is 0.0638. The molecule has 1 aromatic rings. The number of anilines is 1. The van der Waals surface area contributed by atoms with Gasteiger partial charge in [0.15, 0.2) is 0 Å². The molecular formula is C13H14BrClFNOS. The maximum atomic E-state index is 13.1. The normalized spacial score (nSPS) is 16.4. The third kappa shape index (κ3) is 4.36. The molecule has 104 valence electrons. The smallest absolute Gasteiger partial charge is 0.224 e. The SMILES string of the molecule is O=C(CC1CCSCC1)Nc1c(Cl)cc(F)cc1Br. The second-order valence-corrected chi connectivity index (χ2v) is 7.04. The van der Waals surface area contributed by atoms with E-state index in [9.17, 15) is 9.18 Å². The second kappa shape index (κ2) is 6.95. The van der Waals surface area contributed by atoms with Gasteiger partial charge in [-0.2, -0.15) is 11.8 Å². The van der Waals surface area contributed by atoms with Crippen molar-refractivity contribution in [1.29, 1.82) is 0 Å². The Morgan fingerprint density at radius 3 is 2.79 bits per heavy atom. The highest BCUT2D eigenvalue weighted by atomic mass is 79.9. The molecule has 1 aliphatic heterocycles. The monoisotopic (exact) mass is 365 g/mol. The number of nitrogens with one attached hydrogen (secondary N) is 1. The summed E-state index contributed by atoms with van der Waals surface area (Å²) >= 11 is 11.1. The standard InChI is InChI=1S/C13H14BrClFNOS/c14-10-6-9(16)7-11(15)13(10)17-12(18)5-8-1-3-19-4-2-8/h6-8H,1-5H2,(H,17,18). The molecule has 6 heteroatoms. The van der Waals surface area contributed by atoms with Gasteiger partial charge in [-0.25, -0.2) is 4.39 Å². The molecule has 1 heterocycles. The molecule has 1 aromatic carbocycles. The summed E-state index contributed by atoms with van der Waals surface area (Å²) in [5.41, 5.74) is 0.443. The summed E-state index contributed by atoms with van der Waals surface area (Å²) in [5, 5.41) is 2.97. The Morgan fingerprint density at radius 2 is 2.16 bits per heavy atom. The summed E-state index contributed by atoms with van der Waals surface area (Å²) in [6.45, 7) is 0. The van der Waals surface area contributed by atoms with Crippen LogP contribution >= 0.6 is 39.3 Å². The van der Waals surface area contributed by atoms with Crippen LogP contribution in [0.3, 0.4) is 0 Å². The van der Waals surface area contributed by atoms with Crippen LogP contribution in [0.15, 0.2) is 16.6 Å². The van der Waals surface area contributed by atoms with Crippen molar-refractivity contribution in [3.63, 3.8) is 0 Å². The number of benzene rings is 1. The van der Waals surface area contributed by atoms with Gasteiger partial charge in [-0.1, -0.05) is 11.6 Å². The lowest BCUT2D eigenvalue weighted by atomic mass is 9.98. The van der Waals surface area contributed by atoms with Crippen LogP contribution in [0.4, 0.5) is 10.1 Å². The predicted molar refractivity (Wildman–Crippen MR) is 82.4 cm³/mol. The van der Waals surface area contributed by atoms with Crippen molar-refractivity contribution in [2.75, 3.05) is 16.8 Å². The Balaban J connectivity index is 1.98. The van der Waals surface area contributed by atoms with Crippen molar-refractivity contribution in [1.82, 2.24) is 0 Å². The van der Waals surface area contributed by atoms with Crippen LogP contribution in [0.5, 0.6) is 0 Å². The lowest BCUT2D eigenvalue weighted by Gasteiger charge is -2.21. The minimum atomic E-state index is -0.431.